The van der Waals surface area contributed by atoms with E-state index in [0.717, 1.165) is 14.9 Å². The zero-order valence-electron chi connectivity index (χ0n) is 9.55. The molecule has 0 aliphatic heterocycles. The summed E-state index contributed by atoms with van der Waals surface area (Å²) in [6.45, 7) is 0.843. The number of nitrogens with zero attached hydrogens (tertiary/aromatic N) is 1. The van der Waals surface area contributed by atoms with Crippen LogP contribution in [0.3, 0.4) is 0 Å². The fourth-order valence-corrected chi connectivity index (χ4v) is 2.21. The van der Waals surface area contributed by atoms with Gasteiger partial charge in [0.1, 0.15) is 6.54 Å². The Kier molecular flexibility index (Phi) is 4.43. The van der Waals surface area contributed by atoms with Gasteiger partial charge in [-0.2, -0.15) is 13.2 Å². The van der Waals surface area contributed by atoms with Gasteiger partial charge in [0.25, 0.3) is 0 Å². The highest BCUT2D eigenvalue weighted by atomic mass is 79.9. The molecular formula is C11H14BrF3N2. The molecule has 0 amide bonds. The topological polar surface area (TPSA) is 29.3 Å². The van der Waals surface area contributed by atoms with Gasteiger partial charge >= 0.3 is 6.18 Å². The number of alkyl halides is 3. The third-order valence-electron chi connectivity index (χ3n) is 2.33. The van der Waals surface area contributed by atoms with Crippen LogP contribution in [0.25, 0.3) is 0 Å². The summed E-state index contributed by atoms with van der Waals surface area (Å²) < 4.78 is 37.4. The molecule has 0 spiro atoms. The maximum Gasteiger partial charge on any atom is 0.405 e. The Morgan fingerprint density at radius 1 is 1.41 bits per heavy atom. The molecule has 2 nitrogen and oxygen atoms in total. The molecule has 2 N–H and O–H groups in total. The number of rotatable bonds is 3. The molecule has 17 heavy (non-hydrogen) atoms. The molecule has 0 unspecified atom stereocenters. The largest absolute Gasteiger partial charge is 0.405 e. The average Bonchev–Trinajstić information content (AvgIpc) is 2.14. The molecule has 96 valence electrons. The van der Waals surface area contributed by atoms with Gasteiger partial charge in [-0.3, -0.25) is 0 Å². The summed E-state index contributed by atoms with van der Waals surface area (Å²) >= 11 is 3.31. The van der Waals surface area contributed by atoms with Crippen molar-refractivity contribution in [2.45, 2.75) is 19.1 Å². The van der Waals surface area contributed by atoms with E-state index in [4.69, 9.17) is 5.73 Å². The van der Waals surface area contributed by atoms with Gasteiger partial charge in [0, 0.05) is 23.2 Å². The van der Waals surface area contributed by atoms with Gasteiger partial charge < -0.3 is 10.6 Å². The van der Waals surface area contributed by atoms with Crippen molar-refractivity contribution >= 4 is 21.6 Å². The molecule has 1 aromatic rings. The second-order valence-electron chi connectivity index (χ2n) is 3.97. The SMILES string of the molecule is C[C@H](N)c1ccc(N(C)CC(F)(F)F)cc1Br. The summed E-state index contributed by atoms with van der Waals surface area (Å²) in [6.07, 6.45) is -4.21. The minimum Gasteiger partial charge on any atom is -0.366 e. The van der Waals surface area contributed by atoms with Crippen LogP contribution >= 0.6 is 15.9 Å². The smallest absolute Gasteiger partial charge is 0.366 e. The van der Waals surface area contributed by atoms with Crippen LogP contribution in [0.2, 0.25) is 0 Å². The van der Waals surface area contributed by atoms with Crippen LogP contribution in [-0.2, 0) is 0 Å². The second-order valence-corrected chi connectivity index (χ2v) is 4.82. The fraction of sp³-hybridized carbons (Fsp3) is 0.455. The lowest BCUT2D eigenvalue weighted by molar-refractivity contribution is -0.119. The molecule has 1 atom stereocenters. The van der Waals surface area contributed by atoms with Gasteiger partial charge in [0.2, 0.25) is 0 Å². The van der Waals surface area contributed by atoms with Crippen molar-refractivity contribution in [3.8, 4) is 0 Å². The quantitative estimate of drug-likeness (QED) is 0.926. The van der Waals surface area contributed by atoms with Gasteiger partial charge in [-0.1, -0.05) is 22.0 Å². The monoisotopic (exact) mass is 310 g/mol. The lowest BCUT2D eigenvalue weighted by Gasteiger charge is -2.22. The fourth-order valence-electron chi connectivity index (χ4n) is 1.48. The summed E-state index contributed by atoms with van der Waals surface area (Å²) in [5.41, 5.74) is 7.09. The van der Waals surface area contributed by atoms with Crippen molar-refractivity contribution in [3.63, 3.8) is 0 Å². The molecule has 0 aromatic heterocycles. The number of nitrogens with two attached hydrogens (primary N) is 1. The molecule has 0 aliphatic rings. The molecule has 0 radical (unpaired) electrons. The number of anilines is 1. The highest BCUT2D eigenvalue weighted by Gasteiger charge is 2.29. The average molecular weight is 311 g/mol. The van der Waals surface area contributed by atoms with Gasteiger partial charge in [-0.25, -0.2) is 0 Å². The molecule has 0 heterocycles. The lowest BCUT2D eigenvalue weighted by atomic mass is 10.1. The number of hydrogen-bond donors (Lipinski definition) is 1. The highest BCUT2D eigenvalue weighted by Crippen LogP contribution is 2.28. The molecule has 6 heteroatoms. The van der Waals surface area contributed by atoms with Crippen molar-refractivity contribution < 1.29 is 13.2 Å². The summed E-state index contributed by atoms with van der Waals surface area (Å²) in [6, 6.07) is 4.85. The Morgan fingerprint density at radius 3 is 2.41 bits per heavy atom. The molecule has 0 aliphatic carbocycles. The van der Waals surface area contributed by atoms with E-state index in [1.165, 1.54) is 7.05 Å². The molecule has 1 rings (SSSR count). The number of hydrogen-bond acceptors (Lipinski definition) is 2. The maximum absolute atomic E-state index is 12.2. The zero-order valence-corrected chi connectivity index (χ0v) is 11.1. The van der Waals surface area contributed by atoms with E-state index in [-0.39, 0.29) is 6.04 Å². The predicted molar refractivity (Wildman–Crippen MR) is 66.1 cm³/mol. The Labute approximate surface area is 107 Å². The first-order chi connectivity index (χ1) is 7.70. The van der Waals surface area contributed by atoms with Crippen LogP contribution < -0.4 is 10.6 Å². The van der Waals surface area contributed by atoms with Crippen molar-refractivity contribution in [1.29, 1.82) is 0 Å². The standard InChI is InChI=1S/C11H14BrF3N2/c1-7(16)9-4-3-8(5-10(9)12)17(2)6-11(13,14)15/h3-5,7H,6,16H2,1-2H3/t7-/m0/s1. The third kappa shape index (κ3) is 4.20. The van der Waals surface area contributed by atoms with Crippen LogP contribution in [0, 0.1) is 0 Å². The molecule has 1 aromatic carbocycles. The first kappa shape index (κ1) is 14.3. The van der Waals surface area contributed by atoms with Crippen LogP contribution in [0.15, 0.2) is 22.7 Å². The summed E-state index contributed by atoms with van der Waals surface area (Å²) in [5.74, 6) is 0. The minimum absolute atomic E-state index is 0.161. The second kappa shape index (κ2) is 5.27. The molecule has 0 saturated heterocycles. The summed E-state index contributed by atoms with van der Waals surface area (Å²) in [4.78, 5) is 1.15. The Bertz CT molecular complexity index is 391. The van der Waals surface area contributed by atoms with Crippen LogP contribution in [0.4, 0.5) is 18.9 Å². The summed E-state index contributed by atoms with van der Waals surface area (Å²) in [7, 11) is 1.40. The van der Waals surface area contributed by atoms with Gasteiger partial charge in [0.15, 0.2) is 0 Å². The predicted octanol–water partition coefficient (Wildman–Crippen LogP) is 3.47. The zero-order chi connectivity index (χ0) is 13.2. The van der Waals surface area contributed by atoms with Crippen molar-refractivity contribution in [2.75, 3.05) is 18.5 Å². The Hall–Kier alpha value is -0.750. The summed E-state index contributed by atoms with van der Waals surface area (Å²) in [5, 5.41) is 0. The highest BCUT2D eigenvalue weighted by molar-refractivity contribution is 9.10. The molecule has 0 saturated carbocycles. The molecule has 0 bridgehead atoms. The molecular weight excluding hydrogens is 297 g/mol. The van der Waals surface area contributed by atoms with Gasteiger partial charge in [-0.15, -0.1) is 0 Å². The van der Waals surface area contributed by atoms with E-state index in [2.05, 4.69) is 15.9 Å². The van der Waals surface area contributed by atoms with Gasteiger partial charge in [-0.05, 0) is 24.6 Å². The van der Waals surface area contributed by atoms with Crippen molar-refractivity contribution in [3.05, 3.63) is 28.2 Å². The minimum atomic E-state index is -4.21. The van der Waals surface area contributed by atoms with E-state index in [1.54, 1.807) is 18.2 Å². The normalized spacial score (nSPS) is 13.6. The molecule has 0 fully saturated rings. The van der Waals surface area contributed by atoms with Crippen molar-refractivity contribution in [2.24, 2.45) is 5.73 Å². The Morgan fingerprint density at radius 2 is 2.00 bits per heavy atom. The van der Waals surface area contributed by atoms with E-state index in [1.807, 2.05) is 6.92 Å². The van der Waals surface area contributed by atoms with E-state index < -0.39 is 12.7 Å². The van der Waals surface area contributed by atoms with E-state index >= 15 is 0 Å². The third-order valence-corrected chi connectivity index (χ3v) is 3.02. The van der Waals surface area contributed by atoms with E-state index in [9.17, 15) is 13.2 Å². The van der Waals surface area contributed by atoms with Crippen LogP contribution in [-0.4, -0.2) is 19.8 Å². The van der Waals surface area contributed by atoms with Gasteiger partial charge in [0.05, 0.1) is 0 Å². The number of halogens is 4. The maximum atomic E-state index is 12.2. The lowest BCUT2D eigenvalue weighted by Crippen LogP contribution is -2.30. The number of benzene rings is 1. The van der Waals surface area contributed by atoms with E-state index in [0.29, 0.717) is 5.69 Å². The first-order valence-corrected chi connectivity index (χ1v) is 5.83. The van der Waals surface area contributed by atoms with Crippen LogP contribution in [0.5, 0.6) is 0 Å². The first-order valence-electron chi connectivity index (χ1n) is 5.03. The van der Waals surface area contributed by atoms with Crippen molar-refractivity contribution in [1.82, 2.24) is 0 Å². The Balaban J connectivity index is 2.90. The van der Waals surface area contributed by atoms with Crippen LogP contribution in [0.1, 0.15) is 18.5 Å².